The van der Waals surface area contributed by atoms with Gasteiger partial charge in [-0.3, -0.25) is 0 Å². The maximum absolute atomic E-state index is 5.64. The number of aromatic nitrogens is 1. The lowest BCUT2D eigenvalue weighted by molar-refractivity contribution is 0.110. The van der Waals surface area contributed by atoms with Crippen molar-refractivity contribution in [2.24, 2.45) is 5.92 Å². The predicted octanol–water partition coefficient (Wildman–Crippen LogP) is 2.98. The molecule has 0 bridgehead atoms. The normalized spacial score (nSPS) is 19.5. The van der Waals surface area contributed by atoms with E-state index < -0.39 is 0 Å². The molecule has 1 aromatic rings. The first-order valence-electron chi connectivity index (χ1n) is 7.70. The van der Waals surface area contributed by atoms with Crippen LogP contribution >= 0.6 is 0 Å². The molecule has 19 heavy (non-hydrogen) atoms. The molecule has 2 heterocycles. The van der Waals surface area contributed by atoms with Crippen LogP contribution in [-0.4, -0.2) is 23.8 Å². The molecule has 3 heteroatoms. The van der Waals surface area contributed by atoms with Crippen molar-refractivity contribution in [1.29, 1.82) is 0 Å². The highest BCUT2D eigenvalue weighted by Gasteiger charge is 2.15. The van der Waals surface area contributed by atoms with E-state index in [-0.39, 0.29) is 0 Å². The van der Waals surface area contributed by atoms with Gasteiger partial charge >= 0.3 is 0 Å². The van der Waals surface area contributed by atoms with Crippen LogP contribution < -0.4 is 5.32 Å². The van der Waals surface area contributed by atoms with Gasteiger partial charge in [-0.1, -0.05) is 13.8 Å². The molecule has 0 amide bonds. The summed E-state index contributed by atoms with van der Waals surface area (Å²) in [6.45, 7) is 10.7. The third-order valence-electron chi connectivity index (χ3n) is 3.80. The summed E-state index contributed by atoms with van der Waals surface area (Å²) in [6.07, 6.45) is 4.02. The second-order valence-electron chi connectivity index (χ2n) is 5.92. The van der Waals surface area contributed by atoms with Crippen LogP contribution in [-0.2, 0) is 24.2 Å². The van der Waals surface area contributed by atoms with E-state index in [0.717, 1.165) is 26.2 Å². The van der Waals surface area contributed by atoms with Crippen molar-refractivity contribution in [3.8, 4) is 0 Å². The second kappa shape index (κ2) is 7.11. The van der Waals surface area contributed by atoms with Crippen LogP contribution in [0.1, 0.15) is 45.0 Å². The molecule has 108 valence electrons. The van der Waals surface area contributed by atoms with Crippen LogP contribution in [0.3, 0.4) is 0 Å². The van der Waals surface area contributed by atoms with Crippen molar-refractivity contribution >= 4 is 0 Å². The van der Waals surface area contributed by atoms with Crippen LogP contribution in [0.5, 0.6) is 0 Å². The average molecular weight is 264 g/mol. The smallest absolute Gasteiger partial charge is 0.0700 e. The Morgan fingerprint density at radius 2 is 2.16 bits per heavy atom. The molecule has 2 rings (SSSR count). The highest BCUT2D eigenvalue weighted by atomic mass is 16.5. The summed E-state index contributed by atoms with van der Waals surface area (Å²) in [4.78, 5) is 0. The molecular weight excluding hydrogens is 236 g/mol. The van der Waals surface area contributed by atoms with Crippen LogP contribution in [0.2, 0.25) is 0 Å². The zero-order valence-corrected chi connectivity index (χ0v) is 12.6. The SMILES string of the molecule is CCn1c(CNC[C@@H]2CCCO2)ccc1CC(C)C. The molecule has 1 saturated heterocycles. The highest BCUT2D eigenvalue weighted by Crippen LogP contribution is 2.15. The maximum atomic E-state index is 5.64. The number of hydrogen-bond donors (Lipinski definition) is 1. The number of nitrogens with one attached hydrogen (secondary N) is 1. The molecule has 1 aromatic heterocycles. The Morgan fingerprint density at radius 3 is 2.79 bits per heavy atom. The van der Waals surface area contributed by atoms with Crippen LogP contribution in [0, 0.1) is 5.92 Å². The van der Waals surface area contributed by atoms with Gasteiger partial charge in [0.1, 0.15) is 0 Å². The summed E-state index contributed by atoms with van der Waals surface area (Å²) in [5, 5.41) is 3.54. The lowest BCUT2D eigenvalue weighted by Gasteiger charge is -2.14. The minimum Gasteiger partial charge on any atom is -0.377 e. The quantitative estimate of drug-likeness (QED) is 0.819. The van der Waals surface area contributed by atoms with Gasteiger partial charge in [0.2, 0.25) is 0 Å². The maximum Gasteiger partial charge on any atom is 0.0700 e. The Morgan fingerprint density at radius 1 is 1.37 bits per heavy atom. The first kappa shape index (κ1) is 14.6. The molecule has 3 nitrogen and oxygen atoms in total. The Hall–Kier alpha value is -0.800. The standard InChI is InChI=1S/C16H28N2O/c1-4-18-14(10-13(2)3)7-8-15(18)11-17-12-16-6-5-9-19-16/h7-8,13,16-17H,4-6,9-12H2,1-3H3/t16-/m0/s1. The van der Waals surface area contributed by atoms with Gasteiger partial charge in [0.25, 0.3) is 0 Å². The number of nitrogens with zero attached hydrogens (tertiary/aromatic N) is 1. The van der Waals surface area contributed by atoms with Crippen molar-refractivity contribution < 1.29 is 4.74 Å². The van der Waals surface area contributed by atoms with Crippen molar-refractivity contribution in [3.05, 3.63) is 23.5 Å². The molecule has 1 aliphatic rings. The van der Waals surface area contributed by atoms with Crippen LogP contribution in [0.15, 0.2) is 12.1 Å². The Labute approximate surface area is 117 Å². The predicted molar refractivity (Wildman–Crippen MR) is 79.3 cm³/mol. The topological polar surface area (TPSA) is 26.2 Å². The molecule has 0 unspecified atom stereocenters. The fourth-order valence-electron chi connectivity index (χ4n) is 2.88. The molecule has 0 aromatic carbocycles. The van der Waals surface area contributed by atoms with E-state index in [1.165, 1.54) is 30.7 Å². The van der Waals surface area contributed by atoms with Crippen LogP contribution in [0.4, 0.5) is 0 Å². The third-order valence-corrected chi connectivity index (χ3v) is 3.80. The van der Waals surface area contributed by atoms with E-state index in [1.54, 1.807) is 0 Å². The van der Waals surface area contributed by atoms with Gasteiger partial charge in [-0.05, 0) is 44.2 Å². The largest absolute Gasteiger partial charge is 0.377 e. The van der Waals surface area contributed by atoms with Crippen molar-refractivity contribution in [2.75, 3.05) is 13.2 Å². The molecule has 1 aliphatic heterocycles. The van der Waals surface area contributed by atoms with Gasteiger partial charge in [0.15, 0.2) is 0 Å². The van der Waals surface area contributed by atoms with E-state index in [2.05, 4.69) is 42.8 Å². The summed E-state index contributed by atoms with van der Waals surface area (Å²) in [5.41, 5.74) is 2.86. The van der Waals surface area contributed by atoms with Gasteiger partial charge in [-0.2, -0.15) is 0 Å². The average Bonchev–Trinajstić information content (AvgIpc) is 2.99. The van der Waals surface area contributed by atoms with E-state index in [4.69, 9.17) is 4.74 Å². The van der Waals surface area contributed by atoms with Gasteiger partial charge < -0.3 is 14.6 Å². The summed E-state index contributed by atoms with van der Waals surface area (Å²) < 4.78 is 8.08. The molecule has 0 spiro atoms. The zero-order chi connectivity index (χ0) is 13.7. The molecular formula is C16H28N2O. The number of hydrogen-bond acceptors (Lipinski definition) is 2. The van der Waals surface area contributed by atoms with Gasteiger partial charge in [0, 0.05) is 37.6 Å². The minimum atomic E-state index is 0.431. The lowest BCUT2D eigenvalue weighted by atomic mass is 10.1. The van der Waals surface area contributed by atoms with E-state index >= 15 is 0 Å². The highest BCUT2D eigenvalue weighted by molar-refractivity contribution is 5.17. The monoisotopic (exact) mass is 264 g/mol. The van der Waals surface area contributed by atoms with Gasteiger partial charge in [-0.25, -0.2) is 0 Å². The number of ether oxygens (including phenoxy) is 1. The molecule has 0 aliphatic carbocycles. The summed E-state index contributed by atoms with van der Waals surface area (Å²) >= 11 is 0. The molecule has 1 fully saturated rings. The molecule has 0 saturated carbocycles. The second-order valence-corrected chi connectivity index (χ2v) is 5.92. The van der Waals surface area contributed by atoms with E-state index in [0.29, 0.717) is 12.0 Å². The Kier molecular flexibility index (Phi) is 5.46. The molecule has 0 radical (unpaired) electrons. The number of rotatable bonds is 7. The molecule has 1 N–H and O–H groups in total. The van der Waals surface area contributed by atoms with E-state index in [9.17, 15) is 0 Å². The lowest BCUT2D eigenvalue weighted by Crippen LogP contribution is -2.26. The first-order valence-corrected chi connectivity index (χ1v) is 7.70. The van der Waals surface area contributed by atoms with Crippen molar-refractivity contribution in [2.45, 2.75) is 59.2 Å². The first-order chi connectivity index (χ1) is 9.20. The van der Waals surface area contributed by atoms with Crippen molar-refractivity contribution in [1.82, 2.24) is 9.88 Å². The zero-order valence-electron chi connectivity index (χ0n) is 12.6. The van der Waals surface area contributed by atoms with Crippen molar-refractivity contribution in [3.63, 3.8) is 0 Å². The molecule has 1 atom stereocenters. The summed E-state index contributed by atoms with van der Waals surface area (Å²) in [5.74, 6) is 0.716. The van der Waals surface area contributed by atoms with E-state index in [1.807, 2.05) is 0 Å². The van der Waals surface area contributed by atoms with Gasteiger partial charge in [-0.15, -0.1) is 0 Å². The fourth-order valence-corrected chi connectivity index (χ4v) is 2.88. The summed E-state index contributed by atoms with van der Waals surface area (Å²) in [7, 11) is 0. The fraction of sp³-hybridized carbons (Fsp3) is 0.750. The Balaban J connectivity index is 1.86. The van der Waals surface area contributed by atoms with Crippen LogP contribution in [0.25, 0.3) is 0 Å². The third kappa shape index (κ3) is 4.08. The Bertz CT molecular complexity index is 378. The van der Waals surface area contributed by atoms with Gasteiger partial charge in [0.05, 0.1) is 6.10 Å². The summed E-state index contributed by atoms with van der Waals surface area (Å²) in [6, 6.07) is 4.55. The minimum absolute atomic E-state index is 0.431.